The smallest absolute Gasteiger partial charge is 0.0452 e. The van der Waals surface area contributed by atoms with Gasteiger partial charge in [0.25, 0.3) is 0 Å². The number of hydrogen-bond acceptors (Lipinski definition) is 0. The summed E-state index contributed by atoms with van der Waals surface area (Å²) in [5, 5.41) is 0. The molecule has 98 valence electrons. The fourth-order valence-electron chi connectivity index (χ4n) is 2.53. The lowest BCUT2D eigenvalue weighted by molar-refractivity contribution is 0.635. The van der Waals surface area contributed by atoms with Crippen molar-refractivity contribution in [2.45, 2.75) is 66.2 Å². The highest BCUT2D eigenvalue weighted by Crippen LogP contribution is 2.29. The van der Waals surface area contributed by atoms with Crippen LogP contribution in [-0.2, 0) is 0 Å². The number of hydrogen-bond donors (Lipinski definition) is 0. The standard InChI is InChI=1S/C18H26/c1-7-9-10-11-17(8-2)18-12-13(3)14(4)15(5)16(18)6/h2,12,17H,7,9-11H2,1,3-6H3. The number of benzene rings is 1. The second-order valence-corrected chi connectivity index (χ2v) is 5.37. The van der Waals surface area contributed by atoms with Gasteiger partial charge in [-0.1, -0.05) is 38.2 Å². The van der Waals surface area contributed by atoms with Gasteiger partial charge in [-0.3, -0.25) is 0 Å². The second-order valence-electron chi connectivity index (χ2n) is 5.37. The quantitative estimate of drug-likeness (QED) is 0.490. The molecule has 0 saturated carbocycles. The van der Waals surface area contributed by atoms with E-state index in [0.29, 0.717) is 0 Å². The number of aryl methyl sites for hydroxylation is 1. The van der Waals surface area contributed by atoms with Crippen LogP contribution in [0.1, 0.15) is 66.3 Å². The Labute approximate surface area is 113 Å². The highest BCUT2D eigenvalue weighted by molar-refractivity contribution is 5.46. The van der Waals surface area contributed by atoms with Gasteiger partial charge in [-0.05, 0) is 61.9 Å². The molecule has 0 radical (unpaired) electrons. The molecule has 0 aliphatic rings. The first-order chi connectivity index (χ1) is 8.52. The second kappa shape index (κ2) is 6.64. The minimum atomic E-state index is 0.287. The van der Waals surface area contributed by atoms with Crippen LogP contribution >= 0.6 is 0 Å². The van der Waals surface area contributed by atoms with Crippen LogP contribution in [0.2, 0.25) is 0 Å². The third-order valence-corrected chi connectivity index (χ3v) is 4.19. The van der Waals surface area contributed by atoms with E-state index >= 15 is 0 Å². The van der Waals surface area contributed by atoms with E-state index in [1.807, 2.05) is 0 Å². The summed E-state index contributed by atoms with van der Waals surface area (Å²) in [6.45, 7) is 11.0. The fourth-order valence-corrected chi connectivity index (χ4v) is 2.53. The van der Waals surface area contributed by atoms with Gasteiger partial charge in [-0.15, -0.1) is 6.42 Å². The molecule has 0 aromatic heterocycles. The van der Waals surface area contributed by atoms with Gasteiger partial charge < -0.3 is 0 Å². The van der Waals surface area contributed by atoms with Gasteiger partial charge in [0.1, 0.15) is 0 Å². The van der Waals surface area contributed by atoms with E-state index in [1.165, 1.54) is 47.1 Å². The molecule has 0 aliphatic carbocycles. The predicted octanol–water partition coefficient (Wildman–Crippen LogP) is 5.22. The molecule has 0 spiro atoms. The number of rotatable bonds is 5. The molecule has 1 atom stereocenters. The Morgan fingerprint density at radius 2 is 1.72 bits per heavy atom. The monoisotopic (exact) mass is 242 g/mol. The fraction of sp³-hybridized carbons (Fsp3) is 0.556. The van der Waals surface area contributed by atoms with E-state index in [9.17, 15) is 0 Å². The normalized spacial score (nSPS) is 12.2. The topological polar surface area (TPSA) is 0 Å². The van der Waals surface area contributed by atoms with Crippen LogP contribution in [-0.4, -0.2) is 0 Å². The lowest BCUT2D eigenvalue weighted by atomic mass is 9.85. The van der Waals surface area contributed by atoms with Crippen LogP contribution in [0.4, 0.5) is 0 Å². The third-order valence-electron chi connectivity index (χ3n) is 4.19. The molecule has 0 aliphatic heterocycles. The van der Waals surface area contributed by atoms with Gasteiger partial charge in [0.15, 0.2) is 0 Å². The van der Waals surface area contributed by atoms with E-state index in [1.54, 1.807) is 0 Å². The van der Waals surface area contributed by atoms with Gasteiger partial charge in [0, 0.05) is 5.92 Å². The van der Waals surface area contributed by atoms with Gasteiger partial charge in [-0.2, -0.15) is 0 Å². The molecule has 0 heterocycles. The van der Waals surface area contributed by atoms with Crippen molar-refractivity contribution < 1.29 is 0 Å². The van der Waals surface area contributed by atoms with E-state index in [2.05, 4.69) is 46.6 Å². The summed E-state index contributed by atoms with van der Waals surface area (Å²) in [7, 11) is 0. The molecule has 0 fully saturated rings. The lowest BCUT2D eigenvalue weighted by Crippen LogP contribution is -2.03. The zero-order chi connectivity index (χ0) is 13.7. The minimum absolute atomic E-state index is 0.287. The van der Waals surface area contributed by atoms with Crippen molar-refractivity contribution in [3.05, 3.63) is 33.9 Å². The van der Waals surface area contributed by atoms with Crippen molar-refractivity contribution in [2.75, 3.05) is 0 Å². The predicted molar refractivity (Wildman–Crippen MR) is 81.1 cm³/mol. The van der Waals surface area contributed by atoms with Crippen LogP contribution in [0.15, 0.2) is 6.07 Å². The molecule has 0 amide bonds. The molecule has 1 unspecified atom stereocenters. The summed E-state index contributed by atoms with van der Waals surface area (Å²) >= 11 is 0. The minimum Gasteiger partial charge on any atom is -0.119 e. The van der Waals surface area contributed by atoms with Crippen molar-refractivity contribution >= 4 is 0 Å². The first-order valence-corrected chi connectivity index (χ1v) is 7.06. The van der Waals surface area contributed by atoms with E-state index < -0.39 is 0 Å². The molecule has 0 N–H and O–H groups in total. The number of unbranched alkanes of at least 4 members (excludes halogenated alkanes) is 2. The van der Waals surface area contributed by atoms with Crippen LogP contribution in [0.3, 0.4) is 0 Å². The molecule has 0 saturated heterocycles. The average molecular weight is 242 g/mol. The Bertz CT molecular complexity index is 446. The molecule has 1 aromatic rings. The SMILES string of the molecule is C#CC(CCCCC)c1cc(C)c(C)c(C)c1C. The Balaban J connectivity index is 3.04. The third kappa shape index (κ3) is 3.16. The van der Waals surface area contributed by atoms with Crippen LogP contribution in [0.5, 0.6) is 0 Å². The Kier molecular flexibility index (Phi) is 5.48. The van der Waals surface area contributed by atoms with Crippen molar-refractivity contribution in [3.63, 3.8) is 0 Å². The molecular weight excluding hydrogens is 216 g/mol. The maximum atomic E-state index is 5.74. The van der Waals surface area contributed by atoms with Crippen molar-refractivity contribution in [1.29, 1.82) is 0 Å². The van der Waals surface area contributed by atoms with Gasteiger partial charge in [0.05, 0.1) is 0 Å². The van der Waals surface area contributed by atoms with E-state index in [0.717, 1.165) is 6.42 Å². The largest absolute Gasteiger partial charge is 0.119 e. The van der Waals surface area contributed by atoms with E-state index in [-0.39, 0.29) is 5.92 Å². The highest BCUT2D eigenvalue weighted by atomic mass is 14.2. The molecular formula is C18H26. The maximum absolute atomic E-state index is 5.74. The zero-order valence-corrected chi connectivity index (χ0v) is 12.6. The summed E-state index contributed by atoms with van der Waals surface area (Å²) in [4.78, 5) is 0. The number of terminal acetylenes is 1. The zero-order valence-electron chi connectivity index (χ0n) is 12.6. The molecule has 1 aromatic carbocycles. The summed E-state index contributed by atoms with van der Waals surface area (Å²) in [5.74, 6) is 3.28. The van der Waals surface area contributed by atoms with Crippen molar-refractivity contribution in [3.8, 4) is 12.3 Å². The van der Waals surface area contributed by atoms with Gasteiger partial charge >= 0.3 is 0 Å². The van der Waals surface area contributed by atoms with Crippen LogP contribution < -0.4 is 0 Å². The maximum Gasteiger partial charge on any atom is 0.0452 e. The Hall–Kier alpha value is -1.22. The first kappa shape index (κ1) is 14.8. The summed E-state index contributed by atoms with van der Waals surface area (Å²) in [5.41, 5.74) is 6.93. The summed E-state index contributed by atoms with van der Waals surface area (Å²) < 4.78 is 0. The van der Waals surface area contributed by atoms with Crippen LogP contribution in [0, 0.1) is 40.0 Å². The highest BCUT2D eigenvalue weighted by Gasteiger charge is 2.14. The van der Waals surface area contributed by atoms with Gasteiger partial charge in [0.2, 0.25) is 0 Å². The van der Waals surface area contributed by atoms with Crippen LogP contribution in [0.25, 0.3) is 0 Å². The Morgan fingerprint density at radius 1 is 1.06 bits per heavy atom. The molecule has 1 rings (SSSR count). The molecule has 0 bridgehead atoms. The molecule has 0 heteroatoms. The average Bonchev–Trinajstić information content (AvgIpc) is 2.37. The van der Waals surface area contributed by atoms with Crippen molar-refractivity contribution in [2.24, 2.45) is 0 Å². The molecule has 18 heavy (non-hydrogen) atoms. The first-order valence-electron chi connectivity index (χ1n) is 7.06. The molecule has 0 nitrogen and oxygen atoms in total. The Morgan fingerprint density at radius 3 is 2.28 bits per heavy atom. The van der Waals surface area contributed by atoms with Gasteiger partial charge in [-0.25, -0.2) is 0 Å². The lowest BCUT2D eigenvalue weighted by Gasteiger charge is -2.19. The van der Waals surface area contributed by atoms with Crippen molar-refractivity contribution in [1.82, 2.24) is 0 Å². The van der Waals surface area contributed by atoms with E-state index in [4.69, 9.17) is 6.42 Å². The summed E-state index contributed by atoms with van der Waals surface area (Å²) in [6, 6.07) is 2.30. The summed E-state index contributed by atoms with van der Waals surface area (Å²) in [6.07, 6.45) is 10.6.